The van der Waals surface area contributed by atoms with Crippen LogP contribution in [-0.4, -0.2) is 48.7 Å². The lowest BCUT2D eigenvalue weighted by molar-refractivity contribution is 0.0953. The second-order valence-corrected chi connectivity index (χ2v) is 7.86. The van der Waals surface area contributed by atoms with Crippen molar-refractivity contribution in [2.75, 3.05) is 37.7 Å². The molecule has 0 aliphatic carbocycles. The molecule has 150 valence electrons. The zero-order valence-corrected chi connectivity index (χ0v) is 17.6. The predicted octanol–water partition coefficient (Wildman–Crippen LogP) is 3.79. The lowest BCUT2D eigenvalue weighted by atomic mass is 10.1. The van der Waals surface area contributed by atoms with Crippen molar-refractivity contribution in [2.45, 2.75) is 30.7 Å². The molecule has 28 heavy (non-hydrogen) atoms. The van der Waals surface area contributed by atoms with Crippen molar-refractivity contribution in [3.8, 4) is 0 Å². The van der Waals surface area contributed by atoms with Crippen molar-refractivity contribution < 1.29 is 9.53 Å². The van der Waals surface area contributed by atoms with Crippen LogP contribution >= 0.6 is 23.4 Å². The first-order valence-electron chi connectivity index (χ1n) is 9.53. The topological polar surface area (TPSA) is 67.4 Å². The molecule has 0 radical (unpaired) electrons. The third-order valence-electron chi connectivity index (χ3n) is 4.37. The number of hydrogen-bond acceptors (Lipinski definition) is 6. The Morgan fingerprint density at radius 2 is 2.11 bits per heavy atom. The van der Waals surface area contributed by atoms with Gasteiger partial charge in [-0.1, -0.05) is 48.8 Å². The van der Waals surface area contributed by atoms with Gasteiger partial charge >= 0.3 is 0 Å². The van der Waals surface area contributed by atoms with E-state index in [2.05, 4.69) is 27.1 Å². The quantitative estimate of drug-likeness (QED) is 0.303. The Balaban J connectivity index is 1.63. The molecule has 1 fully saturated rings. The summed E-state index contributed by atoms with van der Waals surface area (Å²) < 4.78 is 5.39. The van der Waals surface area contributed by atoms with Crippen LogP contribution in [0.2, 0.25) is 5.15 Å². The molecular weight excluding hydrogens is 396 g/mol. The molecule has 1 aromatic heterocycles. The van der Waals surface area contributed by atoms with Crippen molar-refractivity contribution in [1.29, 1.82) is 0 Å². The Kier molecular flexibility index (Phi) is 7.94. The maximum atomic E-state index is 12.2. The van der Waals surface area contributed by atoms with Gasteiger partial charge in [0, 0.05) is 37.0 Å². The van der Waals surface area contributed by atoms with Crippen LogP contribution < -0.4 is 10.2 Å². The first-order valence-corrected chi connectivity index (χ1v) is 10.9. The molecule has 1 amide bonds. The predicted molar refractivity (Wildman–Crippen MR) is 113 cm³/mol. The number of halogens is 1. The summed E-state index contributed by atoms with van der Waals surface area (Å²) >= 11 is 7.71. The summed E-state index contributed by atoms with van der Waals surface area (Å²) in [5.41, 5.74) is 1.72. The molecule has 1 saturated heterocycles. The fourth-order valence-corrected chi connectivity index (χ4v) is 3.86. The molecule has 0 spiro atoms. The van der Waals surface area contributed by atoms with E-state index < -0.39 is 0 Å². The van der Waals surface area contributed by atoms with Crippen LogP contribution in [0.4, 0.5) is 5.82 Å². The van der Waals surface area contributed by atoms with Gasteiger partial charge in [-0.15, -0.1) is 0 Å². The van der Waals surface area contributed by atoms with Gasteiger partial charge in [0.05, 0.1) is 13.2 Å². The van der Waals surface area contributed by atoms with Crippen LogP contribution in [-0.2, 0) is 10.5 Å². The summed E-state index contributed by atoms with van der Waals surface area (Å²) in [6.45, 7) is 5.79. The number of amides is 1. The summed E-state index contributed by atoms with van der Waals surface area (Å²) in [5.74, 6) is 1.46. The number of thioether (sulfide) groups is 1. The van der Waals surface area contributed by atoms with Crippen LogP contribution in [0.25, 0.3) is 0 Å². The fourth-order valence-electron chi connectivity index (χ4n) is 2.84. The van der Waals surface area contributed by atoms with Gasteiger partial charge in [-0.3, -0.25) is 4.79 Å². The lowest BCUT2D eigenvalue weighted by Gasteiger charge is -2.27. The number of nitrogens with zero attached hydrogens (tertiary/aromatic N) is 3. The highest BCUT2D eigenvalue weighted by molar-refractivity contribution is 7.98. The summed E-state index contributed by atoms with van der Waals surface area (Å²) in [4.78, 5) is 23.4. The van der Waals surface area contributed by atoms with Gasteiger partial charge in [-0.2, -0.15) is 0 Å². The third kappa shape index (κ3) is 6.09. The molecule has 1 aliphatic rings. The highest BCUT2D eigenvalue weighted by atomic mass is 35.5. The van der Waals surface area contributed by atoms with Gasteiger partial charge in [0.1, 0.15) is 11.0 Å². The Hall–Kier alpha value is -1.83. The Bertz CT molecular complexity index is 800. The second-order valence-electron chi connectivity index (χ2n) is 6.53. The number of rotatable bonds is 8. The number of carbonyl (C=O) groups is 1. The molecule has 0 unspecified atom stereocenters. The van der Waals surface area contributed by atoms with Gasteiger partial charge in [-0.05, 0) is 24.1 Å². The molecule has 1 aromatic carbocycles. The van der Waals surface area contributed by atoms with Gasteiger partial charge < -0.3 is 15.0 Å². The maximum absolute atomic E-state index is 12.2. The fraction of sp³-hybridized carbons (Fsp3) is 0.450. The number of aromatic nitrogens is 2. The molecule has 1 aliphatic heterocycles. The number of benzene rings is 1. The minimum Gasteiger partial charge on any atom is -0.378 e. The number of unbranched alkanes of at least 4 members (excludes halogenated alkanes) is 1. The molecule has 0 saturated carbocycles. The van der Waals surface area contributed by atoms with Crippen LogP contribution in [0.15, 0.2) is 35.5 Å². The van der Waals surface area contributed by atoms with E-state index in [-0.39, 0.29) is 5.91 Å². The van der Waals surface area contributed by atoms with Crippen molar-refractivity contribution in [3.63, 3.8) is 0 Å². The van der Waals surface area contributed by atoms with E-state index in [9.17, 15) is 4.79 Å². The summed E-state index contributed by atoms with van der Waals surface area (Å²) in [6, 6.07) is 9.45. The zero-order chi connectivity index (χ0) is 19.8. The largest absolute Gasteiger partial charge is 0.378 e. The molecule has 6 nitrogen and oxygen atoms in total. The van der Waals surface area contributed by atoms with Gasteiger partial charge in [-0.25, -0.2) is 9.97 Å². The van der Waals surface area contributed by atoms with Crippen molar-refractivity contribution in [3.05, 3.63) is 46.6 Å². The van der Waals surface area contributed by atoms with E-state index in [0.29, 0.717) is 41.4 Å². The second kappa shape index (κ2) is 10.6. The average Bonchev–Trinajstić information content (AvgIpc) is 2.73. The molecule has 2 aromatic rings. The van der Waals surface area contributed by atoms with Gasteiger partial charge in [0.2, 0.25) is 0 Å². The highest BCUT2D eigenvalue weighted by Gasteiger charge is 2.15. The number of morpholine rings is 1. The standard InChI is InChI=1S/C20H25ClN4O2S/c1-2-3-7-22-19(26)16-6-4-5-15(12-16)14-28-20-23-17(21)13-18(24-20)25-8-10-27-11-9-25/h4-6,12-13H,2-3,7-11,14H2,1H3,(H,22,26). The molecule has 1 N–H and O–H groups in total. The number of hydrogen-bond donors (Lipinski definition) is 1. The van der Waals surface area contributed by atoms with E-state index in [0.717, 1.165) is 37.3 Å². The van der Waals surface area contributed by atoms with Crippen LogP contribution in [0, 0.1) is 0 Å². The summed E-state index contributed by atoms with van der Waals surface area (Å²) in [5, 5.41) is 4.01. The van der Waals surface area contributed by atoms with E-state index in [1.807, 2.05) is 24.3 Å². The molecule has 3 rings (SSSR count). The number of anilines is 1. The minimum absolute atomic E-state index is 0.0334. The van der Waals surface area contributed by atoms with E-state index in [1.54, 1.807) is 6.07 Å². The zero-order valence-electron chi connectivity index (χ0n) is 16.0. The van der Waals surface area contributed by atoms with Crippen LogP contribution in [0.1, 0.15) is 35.7 Å². The average molecular weight is 421 g/mol. The Morgan fingerprint density at radius 1 is 1.29 bits per heavy atom. The first-order chi connectivity index (χ1) is 13.7. The Morgan fingerprint density at radius 3 is 2.89 bits per heavy atom. The highest BCUT2D eigenvalue weighted by Crippen LogP contribution is 2.25. The normalized spacial score (nSPS) is 14.1. The van der Waals surface area contributed by atoms with Crippen molar-refractivity contribution in [1.82, 2.24) is 15.3 Å². The van der Waals surface area contributed by atoms with Crippen LogP contribution in [0.5, 0.6) is 0 Å². The van der Waals surface area contributed by atoms with Gasteiger partial charge in [0.25, 0.3) is 5.91 Å². The monoisotopic (exact) mass is 420 g/mol. The van der Waals surface area contributed by atoms with E-state index in [4.69, 9.17) is 16.3 Å². The number of nitrogens with one attached hydrogen (secondary N) is 1. The third-order valence-corrected chi connectivity index (χ3v) is 5.48. The molecular formula is C20H25ClN4O2S. The molecule has 0 bridgehead atoms. The van der Waals surface area contributed by atoms with Crippen molar-refractivity contribution >= 4 is 35.1 Å². The smallest absolute Gasteiger partial charge is 0.251 e. The maximum Gasteiger partial charge on any atom is 0.251 e. The van der Waals surface area contributed by atoms with Crippen LogP contribution in [0.3, 0.4) is 0 Å². The minimum atomic E-state index is -0.0334. The molecule has 2 heterocycles. The number of ether oxygens (including phenoxy) is 1. The molecule has 0 atom stereocenters. The van der Waals surface area contributed by atoms with Gasteiger partial charge in [0.15, 0.2) is 5.16 Å². The summed E-state index contributed by atoms with van der Waals surface area (Å²) in [7, 11) is 0. The SMILES string of the molecule is CCCCNC(=O)c1cccc(CSc2nc(Cl)cc(N3CCOCC3)n2)c1. The van der Waals surface area contributed by atoms with Crippen molar-refractivity contribution in [2.24, 2.45) is 0 Å². The number of carbonyl (C=O) groups excluding carboxylic acids is 1. The Labute approximate surface area is 175 Å². The van der Waals surface area contributed by atoms with E-state index >= 15 is 0 Å². The first kappa shape index (κ1) is 20.9. The van der Waals surface area contributed by atoms with E-state index in [1.165, 1.54) is 11.8 Å². The molecule has 8 heteroatoms. The lowest BCUT2D eigenvalue weighted by Crippen LogP contribution is -2.36. The summed E-state index contributed by atoms with van der Waals surface area (Å²) in [6.07, 6.45) is 2.04.